The van der Waals surface area contributed by atoms with Crippen molar-refractivity contribution in [2.75, 3.05) is 6.61 Å². The molecule has 0 saturated heterocycles. The number of hydrogen-bond donors (Lipinski definition) is 1. The normalized spacial score (nSPS) is 11.8. The Kier molecular flexibility index (Phi) is 3.16. The molecular formula is C15H19NO2. The van der Waals surface area contributed by atoms with Gasteiger partial charge in [0.1, 0.15) is 5.75 Å². The van der Waals surface area contributed by atoms with Gasteiger partial charge in [-0.05, 0) is 25.1 Å². The molecule has 0 spiro atoms. The van der Waals surface area contributed by atoms with E-state index in [1.54, 1.807) is 6.20 Å². The summed E-state index contributed by atoms with van der Waals surface area (Å²) in [5.41, 5.74) is 1.32. The number of aromatic nitrogens is 1. The van der Waals surface area contributed by atoms with Gasteiger partial charge in [-0.15, -0.1) is 0 Å². The minimum absolute atomic E-state index is 0.141. The van der Waals surface area contributed by atoms with Crippen LogP contribution in [0.4, 0.5) is 0 Å². The van der Waals surface area contributed by atoms with E-state index in [0.717, 1.165) is 22.2 Å². The third-order valence-electron chi connectivity index (χ3n) is 2.89. The molecular weight excluding hydrogens is 226 g/mol. The average molecular weight is 245 g/mol. The van der Waals surface area contributed by atoms with Crippen LogP contribution in [0.3, 0.4) is 0 Å². The number of rotatable bonds is 3. The van der Waals surface area contributed by atoms with Crippen LogP contribution in [0.2, 0.25) is 0 Å². The highest BCUT2D eigenvalue weighted by molar-refractivity contribution is 6.10. The van der Waals surface area contributed by atoms with Crippen LogP contribution in [0.25, 0.3) is 10.9 Å². The van der Waals surface area contributed by atoms with Crippen molar-refractivity contribution in [1.29, 1.82) is 0 Å². The smallest absolute Gasteiger partial charge is 0.170 e. The predicted molar refractivity (Wildman–Crippen MR) is 73.3 cm³/mol. The van der Waals surface area contributed by atoms with Gasteiger partial charge in [0.25, 0.3) is 0 Å². The van der Waals surface area contributed by atoms with Crippen molar-refractivity contribution in [3.8, 4) is 5.75 Å². The maximum Gasteiger partial charge on any atom is 0.170 e. The van der Waals surface area contributed by atoms with Crippen molar-refractivity contribution in [1.82, 2.24) is 4.98 Å². The van der Waals surface area contributed by atoms with Crippen molar-refractivity contribution in [2.24, 2.45) is 5.41 Å². The summed E-state index contributed by atoms with van der Waals surface area (Å²) in [7, 11) is 0. The van der Waals surface area contributed by atoms with E-state index in [0.29, 0.717) is 6.61 Å². The standard InChI is InChI=1S/C15H19NO2/c1-5-18-10-6-7-13-11(8-10)12(9-16-13)14(17)15(2,3)4/h6-9,16H,5H2,1-4H3. The van der Waals surface area contributed by atoms with Crippen LogP contribution in [-0.4, -0.2) is 17.4 Å². The van der Waals surface area contributed by atoms with Gasteiger partial charge in [0.15, 0.2) is 5.78 Å². The third kappa shape index (κ3) is 2.26. The Morgan fingerprint density at radius 2 is 2.06 bits per heavy atom. The zero-order valence-corrected chi connectivity index (χ0v) is 11.3. The van der Waals surface area contributed by atoms with Gasteiger partial charge in [0, 0.05) is 28.1 Å². The molecule has 18 heavy (non-hydrogen) atoms. The van der Waals surface area contributed by atoms with Crippen LogP contribution in [0.5, 0.6) is 5.75 Å². The number of ether oxygens (including phenoxy) is 1. The highest BCUT2D eigenvalue weighted by Gasteiger charge is 2.25. The number of ketones is 1. The number of aromatic amines is 1. The first-order chi connectivity index (χ1) is 8.43. The lowest BCUT2D eigenvalue weighted by molar-refractivity contribution is 0.0860. The number of carbonyl (C=O) groups excluding carboxylic acids is 1. The molecule has 0 fully saturated rings. The summed E-state index contributed by atoms with van der Waals surface area (Å²) in [6.07, 6.45) is 1.79. The molecule has 96 valence electrons. The molecule has 2 aromatic rings. The summed E-state index contributed by atoms with van der Waals surface area (Å²) < 4.78 is 5.48. The Morgan fingerprint density at radius 3 is 2.67 bits per heavy atom. The minimum Gasteiger partial charge on any atom is -0.494 e. The maximum absolute atomic E-state index is 12.3. The highest BCUT2D eigenvalue weighted by Crippen LogP contribution is 2.29. The number of benzene rings is 1. The Bertz CT molecular complexity index is 576. The zero-order valence-electron chi connectivity index (χ0n) is 11.3. The van der Waals surface area contributed by atoms with Crippen LogP contribution >= 0.6 is 0 Å². The molecule has 0 aliphatic rings. The first-order valence-corrected chi connectivity index (χ1v) is 6.22. The second kappa shape index (κ2) is 4.48. The first kappa shape index (κ1) is 12.7. The number of carbonyl (C=O) groups is 1. The highest BCUT2D eigenvalue weighted by atomic mass is 16.5. The van der Waals surface area contributed by atoms with E-state index < -0.39 is 0 Å². The van der Waals surface area contributed by atoms with Gasteiger partial charge in [-0.25, -0.2) is 0 Å². The van der Waals surface area contributed by atoms with Crippen LogP contribution in [0, 0.1) is 5.41 Å². The van der Waals surface area contributed by atoms with Crippen LogP contribution < -0.4 is 4.74 Å². The van der Waals surface area contributed by atoms with Crippen LogP contribution in [0.15, 0.2) is 24.4 Å². The van der Waals surface area contributed by atoms with E-state index in [-0.39, 0.29) is 11.2 Å². The summed E-state index contributed by atoms with van der Waals surface area (Å²) in [6.45, 7) is 8.36. The fraction of sp³-hybridized carbons (Fsp3) is 0.400. The monoisotopic (exact) mass is 245 g/mol. The molecule has 0 aliphatic heterocycles. The van der Waals surface area contributed by atoms with E-state index in [1.165, 1.54) is 0 Å². The van der Waals surface area contributed by atoms with E-state index >= 15 is 0 Å². The Balaban J connectivity index is 2.52. The van der Waals surface area contributed by atoms with Crippen molar-refractivity contribution in [3.05, 3.63) is 30.0 Å². The van der Waals surface area contributed by atoms with E-state index in [4.69, 9.17) is 4.74 Å². The molecule has 0 radical (unpaired) electrons. The number of nitrogens with one attached hydrogen (secondary N) is 1. The van der Waals surface area contributed by atoms with Crippen molar-refractivity contribution in [2.45, 2.75) is 27.7 Å². The van der Waals surface area contributed by atoms with E-state index in [1.807, 2.05) is 45.9 Å². The zero-order chi connectivity index (χ0) is 13.3. The number of H-pyrrole nitrogens is 1. The molecule has 0 bridgehead atoms. The molecule has 1 aromatic heterocycles. The molecule has 0 aliphatic carbocycles. The SMILES string of the molecule is CCOc1ccc2[nH]cc(C(=O)C(C)(C)C)c2c1. The molecule has 0 atom stereocenters. The fourth-order valence-corrected chi connectivity index (χ4v) is 1.95. The molecule has 3 nitrogen and oxygen atoms in total. The fourth-order valence-electron chi connectivity index (χ4n) is 1.95. The molecule has 0 amide bonds. The van der Waals surface area contributed by atoms with Gasteiger partial charge >= 0.3 is 0 Å². The van der Waals surface area contributed by atoms with Crippen LogP contribution in [0.1, 0.15) is 38.1 Å². The summed E-state index contributed by atoms with van der Waals surface area (Å²) in [5, 5.41) is 0.931. The molecule has 2 rings (SSSR count). The molecule has 1 heterocycles. The van der Waals surface area contributed by atoms with E-state index in [2.05, 4.69) is 4.98 Å². The van der Waals surface area contributed by atoms with Crippen molar-refractivity contribution in [3.63, 3.8) is 0 Å². The quantitative estimate of drug-likeness (QED) is 0.836. The Morgan fingerprint density at radius 1 is 1.33 bits per heavy atom. The second-order valence-electron chi connectivity index (χ2n) is 5.42. The predicted octanol–water partition coefficient (Wildman–Crippen LogP) is 3.80. The van der Waals surface area contributed by atoms with Crippen molar-refractivity contribution < 1.29 is 9.53 Å². The average Bonchev–Trinajstić information content (AvgIpc) is 2.70. The number of hydrogen-bond acceptors (Lipinski definition) is 2. The lowest BCUT2D eigenvalue weighted by Gasteiger charge is -2.15. The minimum atomic E-state index is -0.378. The van der Waals surface area contributed by atoms with Crippen molar-refractivity contribution >= 4 is 16.7 Å². The number of fused-ring (bicyclic) bond motifs is 1. The largest absolute Gasteiger partial charge is 0.494 e. The molecule has 0 saturated carbocycles. The lowest BCUT2D eigenvalue weighted by Crippen LogP contribution is -2.19. The van der Waals surface area contributed by atoms with Gasteiger partial charge in [0.2, 0.25) is 0 Å². The Hall–Kier alpha value is -1.77. The van der Waals surface area contributed by atoms with Crippen LogP contribution in [-0.2, 0) is 0 Å². The van der Waals surface area contributed by atoms with Gasteiger partial charge in [-0.3, -0.25) is 4.79 Å². The maximum atomic E-state index is 12.3. The molecule has 1 N–H and O–H groups in total. The van der Waals surface area contributed by atoms with Gasteiger partial charge in [-0.1, -0.05) is 20.8 Å². The van der Waals surface area contributed by atoms with Gasteiger partial charge < -0.3 is 9.72 Å². The number of Topliss-reactive ketones (excluding diaryl/α,β-unsaturated/α-hetero) is 1. The lowest BCUT2D eigenvalue weighted by atomic mass is 9.86. The topological polar surface area (TPSA) is 42.1 Å². The molecule has 3 heteroatoms. The van der Waals surface area contributed by atoms with Gasteiger partial charge in [-0.2, -0.15) is 0 Å². The summed E-state index contributed by atoms with van der Waals surface area (Å²) in [5.74, 6) is 0.940. The van der Waals surface area contributed by atoms with Gasteiger partial charge in [0.05, 0.1) is 6.61 Å². The summed E-state index contributed by atoms with van der Waals surface area (Å²) in [4.78, 5) is 15.5. The second-order valence-corrected chi connectivity index (χ2v) is 5.42. The summed E-state index contributed by atoms with van der Waals surface area (Å²) >= 11 is 0. The molecule has 0 unspecified atom stereocenters. The third-order valence-corrected chi connectivity index (χ3v) is 2.89. The molecule has 1 aromatic carbocycles. The van der Waals surface area contributed by atoms with E-state index in [9.17, 15) is 4.79 Å². The first-order valence-electron chi connectivity index (χ1n) is 6.22. The Labute approximate surface area is 107 Å². The summed E-state index contributed by atoms with van der Waals surface area (Å²) in [6, 6.07) is 5.78.